The molecule has 0 aromatic heterocycles. The summed E-state index contributed by atoms with van der Waals surface area (Å²) in [6.07, 6.45) is 7.26. The van der Waals surface area contributed by atoms with E-state index in [0.29, 0.717) is 17.9 Å². The first-order valence-corrected chi connectivity index (χ1v) is 15.1. The third kappa shape index (κ3) is 6.70. The van der Waals surface area contributed by atoms with Crippen LogP contribution < -0.4 is 9.47 Å². The molecule has 1 N–H and O–H groups in total. The molecule has 0 saturated carbocycles. The van der Waals surface area contributed by atoms with E-state index in [2.05, 4.69) is 12.5 Å². The summed E-state index contributed by atoms with van der Waals surface area (Å²) in [5.41, 5.74) is 3.22. The van der Waals surface area contributed by atoms with Crippen LogP contribution in [-0.2, 0) is 33.8 Å². The zero-order chi connectivity index (χ0) is 32.8. The summed E-state index contributed by atoms with van der Waals surface area (Å²) in [6.45, 7) is 4.32. The van der Waals surface area contributed by atoms with E-state index >= 15 is 0 Å². The highest BCUT2D eigenvalue weighted by Gasteiger charge is 2.51. The number of aryl methyl sites for hydroxylation is 1. The summed E-state index contributed by atoms with van der Waals surface area (Å²) in [7, 11) is 3.09. The van der Waals surface area contributed by atoms with Crippen molar-refractivity contribution in [3.63, 3.8) is 0 Å². The third-order valence-corrected chi connectivity index (χ3v) is 8.38. The van der Waals surface area contributed by atoms with E-state index in [-0.39, 0.29) is 62.5 Å². The Balaban J connectivity index is 1.51. The van der Waals surface area contributed by atoms with Gasteiger partial charge in [-0.1, -0.05) is 48.4 Å². The van der Waals surface area contributed by atoms with Gasteiger partial charge in [0.2, 0.25) is 17.7 Å². The highest BCUT2D eigenvalue weighted by Crippen LogP contribution is 2.34. The first kappa shape index (κ1) is 32.1. The number of phenols is 1. The van der Waals surface area contributed by atoms with Gasteiger partial charge in [0.25, 0.3) is 0 Å². The second-order valence-electron chi connectivity index (χ2n) is 11.3. The maximum Gasteiger partial charge on any atom is 0.246 e. The predicted octanol–water partition coefficient (Wildman–Crippen LogP) is 3.38. The molecule has 0 radical (unpaired) electrons. The highest BCUT2D eigenvalue weighted by atomic mass is 16.5. The van der Waals surface area contributed by atoms with E-state index in [1.807, 2.05) is 36.4 Å². The third-order valence-electron chi connectivity index (χ3n) is 8.38. The smallest absolute Gasteiger partial charge is 0.246 e. The van der Waals surface area contributed by atoms with Crippen LogP contribution in [0.1, 0.15) is 28.7 Å². The molecular weight excluding hydrogens is 584 g/mol. The molecular formula is C36H38N4O6. The van der Waals surface area contributed by atoms with Gasteiger partial charge >= 0.3 is 0 Å². The number of benzene rings is 3. The van der Waals surface area contributed by atoms with Gasteiger partial charge in [0.1, 0.15) is 18.0 Å². The van der Waals surface area contributed by atoms with Crippen LogP contribution >= 0.6 is 0 Å². The number of carbonyl (C=O) groups is 3. The van der Waals surface area contributed by atoms with Gasteiger partial charge in [-0.2, -0.15) is 0 Å². The van der Waals surface area contributed by atoms with Gasteiger partial charge in [-0.25, -0.2) is 10.0 Å². The molecule has 2 aliphatic heterocycles. The van der Waals surface area contributed by atoms with Gasteiger partial charge in [-0.3, -0.25) is 14.4 Å². The lowest BCUT2D eigenvalue weighted by Gasteiger charge is -2.55. The molecule has 3 aromatic carbocycles. The summed E-state index contributed by atoms with van der Waals surface area (Å²) >= 11 is 0. The van der Waals surface area contributed by atoms with Crippen LogP contribution in [0.3, 0.4) is 0 Å². The van der Waals surface area contributed by atoms with Crippen molar-refractivity contribution in [3.05, 3.63) is 102 Å². The molecule has 5 rings (SSSR count). The average Bonchev–Trinajstić information content (AvgIpc) is 3.06. The number of carbonyl (C=O) groups excluding carboxylic acids is 3. The highest BCUT2D eigenvalue weighted by molar-refractivity contribution is 5.92. The number of piperazine rings is 1. The van der Waals surface area contributed by atoms with E-state index in [1.165, 1.54) is 0 Å². The fourth-order valence-electron chi connectivity index (χ4n) is 6.18. The summed E-state index contributed by atoms with van der Waals surface area (Å²) in [5, 5.41) is 13.2. The van der Waals surface area contributed by atoms with Crippen LogP contribution in [0.15, 0.2) is 79.4 Å². The Kier molecular flexibility index (Phi) is 9.94. The van der Waals surface area contributed by atoms with Crippen molar-refractivity contribution in [1.29, 1.82) is 0 Å². The van der Waals surface area contributed by atoms with E-state index in [4.69, 9.17) is 15.9 Å². The minimum absolute atomic E-state index is 0.0752. The first-order valence-electron chi connectivity index (χ1n) is 15.1. The molecule has 2 heterocycles. The fourth-order valence-corrected chi connectivity index (χ4v) is 6.18. The molecule has 3 aromatic rings. The molecule has 0 unspecified atom stereocenters. The second kappa shape index (κ2) is 14.2. The Hall–Kier alpha value is -5.27. The van der Waals surface area contributed by atoms with Crippen molar-refractivity contribution in [3.8, 4) is 29.6 Å². The lowest BCUT2D eigenvalue weighted by atomic mass is 9.98. The van der Waals surface area contributed by atoms with Crippen LogP contribution in [-0.4, -0.2) is 88.7 Å². The monoisotopic (exact) mass is 622 g/mol. The quantitative estimate of drug-likeness (QED) is 0.259. The molecule has 10 nitrogen and oxygen atoms in total. The first-order chi connectivity index (χ1) is 22.3. The summed E-state index contributed by atoms with van der Waals surface area (Å²) in [6, 6.07) is 18.7. The number of para-hydroxylation sites is 1. The Bertz CT molecular complexity index is 1630. The van der Waals surface area contributed by atoms with Gasteiger partial charge in [0, 0.05) is 37.1 Å². The fraction of sp³-hybridized carbons (Fsp3) is 0.306. The standard InChI is InChI=1S/C36H38N4O6/c1-5-20-38-24-34(43)39-30(21-27-14-17-29(41)18-15-27)36(44)37(22-28-8-7-9-31(45-3)35(28)46-4)23-32(39)40(38)33(42)19-16-26-12-10-25(6-2)11-13-26/h2,5,7-15,17-18,30,32,41H,1,16,19-24H2,3-4H3/t30-,32-/m0/s1. The number of amides is 3. The number of terminal acetylenes is 1. The normalized spacial score (nSPS) is 18.2. The van der Waals surface area contributed by atoms with Crippen LogP contribution in [0, 0.1) is 12.3 Å². The Labute approximate surface area is 269 Å². The minimum Gasteiger partial charge on any atom is -0.508 e. The van der Waals surface area contributed by atoms with Gasteiger partial charge in [-0.15, -0.1) is 13.0 Å². The van der Waals surface area contributed by atoms with E-state index < -0.39 is 12.2 Å². The second-order valence-corrected chi connectivity index (χ2v) is 11.3. The number of hydrogen-bond acceptors (Lipinski definition) is 7. The zero-order valence-electron chi connectivity index (χ0n) is 26.1. The van der Waals surface area contributed by atoms with Crippen molar-refractivity contribution in [1.82, 2.24) is 19.8 Å². The molecule has 46 heavy (non-hydrogen) atoms. The Morgan fingerprint density at radius 1 is 1.04 bits per heavy atom. The van der Waals surface area contributed by atoms with E-state index in [9.17, 15) is 19.5 Å². The zero-order valence-corrected chi connectivity index (χ0v) is 26.1. The molecule has 10 heteroatoms. The van der Waals surface area contributed by atoms with Gasteiger partial charge in [0.15, 0.2) is 11.5 Å². The van der Waals surface area contributed by atoms with Crippen molar-refractivity contribution < 1.29 is 29.0 Å². The van der Waals surface area contributed by atoms with E-state index in [0.717, 1.165) is 22.3 Å². The molecule has 0 aliphatic carbocycles. The lowest BCUT2D eigenvalue weighted by Crippen LogP contribution is -2.75. The van der Waals surface area contributed by atoms with Gasteiger partial charge in [-0.05, 0) is 47.9 Å². The SMILES string of the molecule is C#Cc1ccc(CCC(=O)N2[C@H]3CN(Cc4cccc(OC)c4OC)C(=O)[C@H](Cc4ccc(O)cc4)N3C(=O)CN2CC=C)cc1. The molecule has 2 saturated heterocycles. The maximum absolute atomic E-state index is 14.3. The number of fused-ring (bicyclic) bond motifs is 1. The summed E-state index contributed by atoms with van der Waals surface area (Å²) < 4.78 is 11.1. The van der Waals surface area contributed by atoms with Crippen molar-refractivity contribution in [2.75, 3.05) is 33.9 Å². The van der Waals surface area contributed by atoms with Crippen LogP contribution in [0.2, 0.25) is 0 Å². The topological polar surface area (TPSA) is 103 Å². The number of methoxy groups -OCH3 is 2. The molecule has 2 fully saturated rings. The number of ether oxygens (including phenoxy) is 2. The largest absolute Gasteiger partial charge is 0.508 e. The van der Waals surface area contributed by atoms with Crippen molar-refractivity contribution in [2.45, 2.75) is 38.0 Å². The molecule has 2 aliphatic rings. The van der Waals surface area contributed by atoms with Crippen LogP contribution in [0.5, 0.6) is 17.2 Å². The van der Waals surface area contributed by atoms with Gasteiger partial charge < -0.3 is 24.4 Å². The molecule has 0 bridgehead atoms. The van der Waals surface area contributed by atoms with E-state index in [1.54, 1.807) is 70.4 Å². The number of hydrazine groups is 1. The Morgan fingerprint density at radius 3 is 2.41 bits per heavy atom. The maximum atomic E-state index is 14.3. The number of aromatic hydroxyl groups is 1. The lowest BCUT2D eigenvalue weighted by molar-refractivity contribution is -0.205. The minimum atomic E-state index is -0.884. The van der Waals surface area contributed by atoms with Crippen LogP contribution in [0.4, 0.5) is 0 Å². The molecule has 238 valence electrons. The van der Waals surface area contributed by atoms with Crippen molar-refractivity contribution >= 4 is 17.7 Å². The average molecular weight is 623 g/mol. The van der Waals surface area contributed by atoms with Gasteiger partial charge in [0.05, 0.1) is 27.3 Å². The summed E-state index contributed by atoms with van der Waals surface area (Å²) in [5.74, 6) is 3.06. The number of phenolic OH excluding ortho intramolecular Hbond substituents is 1. The molecule has 0 spiro atoms. The Morgan fingerprint density at radius 2 is 1.76 bits per heavy atom. The predicted molar refractivity (Wildman–Crippen MR) is 173 cm³/mol. The van der Waals surface area contributed by atoms with Crippen molar-refractivity contribution in [2.24, 2.45) is 0 Å². The molecule has 2 atom stereocenters. The number of rotatable bonds is 11. The summed E-state index contributed by atoms with van der Waals surface area (Å²) in [4.78, 5) is 45.4. The number of hydrogen-bond donors (Lipinski definition) is 1. The van der Waals surface area contributed by atoms with Crippen LogP contribution in [0.25, 0.3) is 0 Å². The number of nitrogens with zero attached hydrogens (tertiary/aromatic N) is 4. The molecule has 3 amide bonds.